The van der Waals surface area contributed by atoms with E-state index >= 15 is 0 Å². The van der Waals surface area contributed by atoms with Crippen LogP contribution in [0.3, 0.4) is 0 Å². The largest absolute Gasteiger partial charge is 0.346 e. The van der Waals surface area contributed by atoms with Crippen LogP contribution in [-0.4, -0.2) is 6.00 Å². The van der Waals surface area contributed by atoms with E-state index in [0.29, 0.717) is 5.92 Å². The van der Waals surface area contributed by atoms with E-state index in [1.54, 1.807) is 0 Å². The first kappa shape index (κ1) is 12.1. The Kier molecular flexibility index (Phi) is 4.25. The van der Waals surface area contributed by atoms with Crippen LogP contribution in [-0.2, 0) is 0 Å². The molecule has 0 radical (unpaired) electrons. The second kappa shape index (κ2) is 3.86. The third-order valence-corrected chi connectivity index (χ3v) is 8.91. The van der Waals surface area contributed by atoms with Gasteiger partial charge in [0.1, 0.15) is 0 Å². The van der Waals surface area contributed by atoms with Crippen molar-refractivity contribution in [3.8, 4) is 0 Å². The van der Waals surface area contributed by atoms with Crippen LogP contribution in [0.25, 0.3) is 0 Å². The van der Waals surface area contributed by atoms with E-state index in [9.17, 15) is 0 Å². The molecule has 11 heavy (non-hydrogen) atoms. The van der Waals surface area contributed by atoms with Gasteiger partial charge in [0, 0.05) is 5.04 Å². The van der Waals surface area contributed by atoms with Gasteiger partial charge in [-0.1, -0.05) is 34.1 Å². The van der Waals surface area contributed by atoms with Crippen molar-refractivity contribution in [2.24, 2.45) is 5.92 Å². The maximum atomic E-state index is 5.97. The summed E-state index contributed by atoms with van der Waals surface area (Å²) in [4.78, 5) is 0. The van der Waals surface area contributed by atoms with Gasteiger partial charge in [-0.2, -0.15) is 0 Å². The maximum absolute atomic E-state index is 5.97. The van der Waals surface area contributed by atoms with Crippen molar-refractivity contribution in [2.45, 2.75) is 39.2 Å². The van der Waals surface area contributed by atoms with Crippen molar-refractivity contribution in [3.05, 3.63) is 0 Å². The van der Waals surface area contributed by atoms with Gasteiger partial charge in [0.05, 0.1) is 0 Å². The molecular formula is C7H15Cl3Si. The highest BCUT2D eigenvalue weighted by Gasteiger charge is 2.46. The van der Waals surface area contributed by atoms with Crippen molar-refractivity contribution in [3.63, 3.8) is 0 Å². The highest BCUT2D eigenvalue weighted by Crippen LogP contribution is 2.51. The molecule has 0 rings (SSSR count). The normalized spacial score (nSPS) is 16.6. The molecule has 0 aliphatic rings. The van der Waals surface area contributed by atoms with Gasteiger partial charge in [0.25, 0.3) is 0 Å². The molecule has 0 aliphatic carbocycles. The van der Waals surface area contributed by atoms with Crippen LogP contribution in [0.2, 0.25) is 5.04 Å². The first-order valence-corrected chi connectivity index (χ1v) is 8.83. The molecule has 0 aromatic carbocycles. The summed E-state index contributed by atoms with van der Waals surface area (Å²) in [6.07, 6.45) is 1.06. The molecule has 0 N–H and O–H groups in total. The van der Waals surface area contributed by atoms with Crippen LogP contribution in [0.4, 0.5) is 0 Å². The van der Waals surface area contributed by atoms with Gasteiger partial charge in [0.15, 0.2) is 0 Å². The first-order valence-electron chi connectivity index (χ1n) is 3.80. The number of hydrogen-bond donors (Lipinski definition) is 0. The average Bonchev–Trinajstić information content (AvgIpc) is 1.83. The molecule has 0 saturated carbocycles. The SMILES string of the molecule is CCC(C)C(C)(C)[Si](Cl)(Cl)Cl. The van der Waals surface area contributed by atoms with Gasteiger partial charge in [-0.05, 0) is 5.92 Å². The van der Waals surface area contributed by atoms with Crippen molar-refractivity contribution >= 4 is 39.2 Å². The Morgan fingerprint density at radius 3 is 1.73 bits per heavy atom. The number of rotatable bonds is 3. The lowest BCUT2D eigenvalue weighted by molar-refractivity contribution is 0.422. The zero-order chi connectivity index (χ0) is 9.28. The Bertz CT molecular complexity index is 128. The lowest BCUT2D eigenvalue weighted by Crippen LogP contribution is -2.33. The molecular weight excluding hydrogens is 219 g/mol. The molecule has 0 aliphatic heterocycles. The standard InChI is InChI=1S/C7H15Cl3Si/c1-5-6(2)7(3,4)11(8,9)10/h6H,5H2,1-4H3. The second-order valence-corrected chi connectivity index (χ2v) is 12.7. The highest BCUT2D eigenvalue weighted by atomic mass is 35.8. The van der Waals surface area contributed by atoms with Crippen molar-refractivity contribution in [1.82, 2.24) is 0 Å². The average molecular weight is 234 g/mol. The van der Waals surface area contributed by atoms with E-state index in [1.165, 1.54) is 0 Å². The van der Waals surface area contributed by atoms with Crippen LogP contribution in [0, 0.1) is 5.92 Å². The summed E-state index contributed by atoms with van der Waals surface area (Å²) < 4.78 is 0. The second-order valence-electron chi connectivity index (χ2n) is 3.53. The van der Waals surface area contributed by atoms with E-state index < -0.39 is 6.00 Å². The summed E-state index contributed by atoms with van der Waals surface area (Å²) in [6.45, 7) is 8.34. The van der Waals surface area contributed by atoms with Gasteiger partial charge < -0.3 is 0 Å². The lowest BCUT2D eigenvalue weighted by Gasteiger charge is -2.35. The fourth-order valence-electron chi connectivity index (χ4n) is 0.790. The van der Waals surface area contributed by atoms with E-state index in [2.05, 4.69) is 13.8 Å². The molecule has 1 unspecified atom stereocenters. The monoisotopic (exact) mass is 232 g/mol. The molecule has 0 aromatic rings. The molecule has 0 saturated heterocycles. The number of hydrogen-bond acceptors (Lipinski definition) is 0. The third kappa shape index (κ3) is 2.80. The van der Waals surface area contributed by atoms with Crippen LogP contribution in [0.15, 0.2) is 0 Å². The van der Waals surface area contributed by atoms with Crippen molar-refractivity contribution < 1.29 is 0 Å². The topological polar surface area (TPSA) is 0 Å². The summed E-state index contributed by atoms with van der Waals surface area (Å²) in [6, 6.07) is -2.55. The van der Waals surface area contributed by atoms with Gasteiger partial charge in [0.2, 0.25) is 0 Å². The van der Waals surface area contributed by atoms with Gasteiger partial charge in [-0.3, -0.25) is 0 Å². The van der Waals surface area contributed by atoms with Gasteiger partial charge >= 0.3 is 6.00 Å². The van der Waals surface area contributed by atoms with E-state index in [4.69, 9.17) is 33.2 Å². The van der Waals surface area contributed by atoms with E-state index in [0.717, 1.165) is 6.42 Å². The van der Waals surface area contributed by atoms with Gasteiger partial charge in [-0.15, -0.1) is 33.2 Å². The molecule has 0 heterocycles. The first-order chi connectivity index (χ1) is 4.73. The lowest BCUT2D eigenvalue weighted by atomic mass is 9.94. The Balaban J connectivity index is 4.45. The maximum Gasteiger partial charge on any atom is 0.346 e. The quantitative estimate of drug-likeness (QED) is 0.498. The Labute approximate surface area is 84.3 Å². The smallest absolute Gasteiger partial charge is 0.125 e. The molecule has 68 valence electrons. The van der Waals surface area contributed by atoms with Crippen LogP contribution in [0.1, 0.15) is 34.1 Å². The van der Waals surface area contributed by atoms with Crippen molar-refractivity contribution in [1.29, 1.82) is 0 Å². The van der Waals surface area contributed by atoms with Crippen LogP contribution in [0.5, 0.6) is 0 Å². The number of halogens is 3. The van der Waals surface area contributed by atoms with E-state index in [-0.39, 0.29) is 5.04 Å². The van der Waals surface area contributed by atoms with Gasteiger partial charge in [-0.25, -0.2) is 0 Å². The Morgan fingerprint density at radius 1 is 1.27 bits per heavy atom. The highest BCUT2D eigenvalue weighted by molar-refractivity contribution is 7.65. The fourth-order valence-corrected chi connectivity index (χ4v) is 3.23. The summed E-state index contributed by atoms with van der Waals surface area (Å²) >= 11 is 17.9. The molecule has 0 bridgehead atoms. The molecule has 0 aromatic heterocycles. The minimum atomic E-state index is -2.55. The minimum Gasteiger partial charge on any atom is -0.125 e. The summed E-state index contributed by atoms with van der Waals surface area (Å²) in [5.74, 6) is 0.474. The predicted molar refractivity (Wildman–Crippen MR) is 56.8 cm³/mol. The molecule has 0 amide bonds. The molecule has 0 spiro atoms. The minimum absolute atomic E-state index is 0.119. The summed E-state index contributed by atoms with van der Waals surface area (Å²) in [5, 5.41) is -0.119. The van der Waals surface area contributed by atoms with Crippen LogP contribution < -0.4 is 0 Å². The molecule has 0 fully saturated rings. The zero-order valence-corrected chi connectivity index (χ0v) is 10.7. The zero-order valence-electron chi connectivity index (χ0n) is 7.42. The van der Waals surface area contributed by atoms with Crippen molar-refractivity contribution in [2.75, 3.05) is 0 Å². The molecule has 1 atom stereocenters. The summed E-state index contributed by atoms with van der Waals surface area (Å²) in [7, 11) is 0. The molecule has 0 nitrogen and oxygen atoms in total. The fraction of sp³-hybridized carbons (Fsp3) is 1.00. The molecule has 4 heteroatoms. The summed E-state index contributed by atoms with van der Waals surface area (Å²) in [5.41, 5.74) is 0. The van der Waals surface area contributed by atoms with E-state index in [1.807, 2.05) is 13.8 Å². The predicted octanol–water partition coefficient (Wildman–Crippen LogP) is 4.47. The Morgan fingerprint density at radius 2 is 1.64 bits per heavy atom. The Hall–Kier alpha value is 1.09. The third-order valence-electron chi connectivity index (χ3n) is 2.57. The van der Waals surface area contributed by atoms with Crippen LogP contribution >= 0.6 is 33.2 Å².